The highest BCUT2D eigenvalue weighted by Crippen LogP contribution is 2.19. The van der Waals surface area contributed by atoms with Gasteiger partial charge in [0, 0.05) is 0 Å². The standard InChI is InChI=1S/C10H20O2/c1-8(2)9(3)6-10-7-11-4-5-12-10/h8-10H,4-7H2,1-3H3. The molecule has 2 heteroatoms. The molecule has 0 aromatic rings. The van der Waals surface area contributed by atoms with Gasteiger partial charge in [-0.15, -0.1) is 0 Å². The molecule has 0 bridgehead atoms. The van der Waals surface area contributed by atoms with Crippen LogP contribution < -0.4 is 0 Å². The first kappa shape index (κ1) is 10.0. The summed E-state index contributed by atoms with van der Waals surface area (Å²) in [6.45, 7) is 9.13. The SMILES string of the molecule is CC(C)C(C)CC1COCCO1. The van der Waals surface area contributed by atoms with Crippen molar-refractivity contribution in [1.29, 1.82) is 0 Å². The van der Waals surface area contributed by atoms with Crippen LogP contribution in [0.25, 0.3) is 0 Å². The van der Waals surface area contributed by atoms with Crippen LogP contribution in [0.2, 0.25) is 0 Å². The lowest BCUT2D eigenvalue weighted by molar-refractivity contribution is -0.0966. The Kier molecular flexibility index (Phi) is 4.02. The fourth-order valence-electron chi connectivity index (χ4n) is 1.36. The van der Waals surface area contributed by atoms with Gasteiger partial charge in [-0.2, -0.15) is 0 Å². The van der Waals surface area contributed by atoms with Gasteiger partial charge in [0.15, 0.2) is 0 Å². The summed E-state index contributed by atoms with van der Waals surface area (Å²) in [7, 11) is 0. The van der Waals surface area contributed by atoms with E-state index in [4.69, 9.17) is 9.47 Å². The normalized spacial score (nSPS) is 27.5. The third kappa shape index (κ3) is 3.11. The zero-order valence-electron chi connectivity index (χ0n) is 8.38. The predicted octanol–water partition coefficient (Wildman–Crippen LogP) is 2.08. The number of hydrogen-bond donors (Lipinski definition) is 0. The Labute approximate surface area is 75.2 Å². The van der Waals surface area contributed by atoms with Crippen molar-refractivity contribution in [2.45, 2.75) is 33.3 Å². The summed E-state index contributed by atoms with van der Waals surface area (Å²) in [6, 6.07) is 0. The largest absolute Gasteiger partial charge is 0.376 e. The lowest BCUT2D eigenvalue weighted by Gasteiger charge is -2.26. The molecule has 1 fully saturated rings. The Morgan fingerprint density at radius 1 is 1.25 bits per heavy atom. The van der Waals surface area contributed by atoms with Crippen LogP contribution >= 0.6 is 0 Å². The molecule has 1 aliphatic rings. The second-order valence-corrected chi connectivity index (χ2v) is 4.02. The monoisotopic (exact) mass is 172 g/mol. The molecule has 1 saturated heterocycles. The van der Waals surface area contributed by atoms with Crippen LogP contribution in [-0.2, 0) is 9.47 Å². The van der Waals surface area contributed by atoms with Crippen LogP contribution in [-0.4, -0.2) is 25.9 Å². The molecule has 2 nitrogen and oxygen atoms in total. The van der Waals surface area contributed by atoms with Crippen LogP contribution in [0.3, 0.4) is 0 Å². The zero-order valence-corrected chi connectivity index (χ0v) is 8.38. The van der Waals surface area contributed by atoms with E-state index in [1.807, 2.05) is 0 Å². The average Bonchev–Trinajstić information content (AvgIpc) is 2.06. The Balaban J connectivity index is 2.20. The Hall–Kier alpha value is -0.0800. The van der Waals surface area contributed by atoms with Gasteiger partial charge in [-0.1, -0.05) is 20.8 Å². The lowest BCUT2D eigenvalue weighted by Crippen LogP contribution is -2.30. The first-order valence-corrected chi connectivity index (χ1v) is 4.89. The van der Waals surface area contributed by atoms with Crippen molar-refractivity contribution < 1.29 is 9.47 Å². The predicted molar refractivity (Wildman–Crippen MR) is 49.2 cm³/mol. The number of hydrogen-bond acceptors (Lipinski definition) is 2. The smallest absolute Gasteiger partial charge is 0.0812 e. The quantitative estimate of drug-likeness (QED) is 0.649. The Morgan fingerprint density at radius 3 is 2.50 bits per heavy atom. The zero-order chi connectivity index (χ0) is 8.97. The van der Waals surface area contributed by atoms with Crippen LogP contribution in [0.15, 0.2) is 0 Å². The molecule has 0 aromatic carbocycles. The minimum Gasteiger partial charge on any atom is -0.376 e. The molecular formula is C10H20O2. The molecule has 12 heavy (non-hydrogen) atoms. The minimum absolute atomic E-state index is 0.344. The molecule has 2 unspecified atom stereocenters. The molecule has 1 aliphatic heterocycles. The third-order valence-electron chi connectivity index (χ3n) is 2.66. The van der Waals surface area contributed by atoms with Crippen molar-refractivity contribution >= 4 is 0 Å². The lowest BCUT2D eigenvalue weighted by atomic mass is 9.92. The second kappa shape index (κ2) is 4.83. The summed E-state index contributed by atoms with van der Waals surface area (Å²) in [4.78, 5) is 0. The van der Waals surface area contributed by atoms with E-state index < -0.39 is 0 Å². The molecule has 0 spiro atoms. The van der Waals surface area contributed by atoms with Crippen molar-refractivity contribution in [1.82, 2.24) is 0 Å². The van der Waals surface area contributed by atoms with Gasteiger partial charge in [0.05, 0.1) is 25.9 Å². The molecule has 0 saturated carbocycles. The Bertz CT molecular complexity index is 117. The van der Waals surface area contributed by atoms with E-state index in [-0.39, 0.29) is 0 Å². The molecule has 0 aliphatic carbocycles. The fraction of sp³-hybridized carbons (Fsp3) is 1.00. The molecule has 1 heterocycles. The molecule has 0 amide bonds. The molecule has 72 valence electrons. The van der Waals surface area contributed by atoms with Gasteiger partial charge < -0.3 is 9.47 Å². The van der Waals surface area contributed by atoms with Gasteiger partial charge in [0.25, 0.3) is 0 Å². The Morgan fingerprint density at radius 2 is 2.00 bits per heavy atom. The fourth-order valence-corrected chi connectivity index (χ4v) is 1.36. The van der Waals surface area contributed by atoms with Crippen LogP contribution in [0.1, 0.15) is 27.2 Å². The maximum atomic E-state index is 5.57. The molecule has 1 rings (SSSR count). The molecule has 0 aromatic heterocycles. The van der Waals surface area contributed by atoms with E-state index in [0.29, 0.717) is 6.10 Å². The van der Waals surface area contributed by atoms with Crippen molar-refractivity contribution in [3.63, 3.8) is 0 Å². The van der Waals surface area contributed by atoms with E-state index in [1.54, 1.807) is 0 Å². The summed E-state index contributed by atoms with van der Waals surface area (Å²) in [5.74, 6) is 1.48. The molecule has 0 radical (unpaired) electrons. The van der Waals surface area contributed by atoms with Gasteiger partial charge in [-0.05, 0) is 18.3 Å². The second-order valence-electron chi connectivity index (χ2n) is 4.02. The van der Waals surface area contributed by atoms with Gasteiger partial charge in [-0.3, -0.25) is 0 Å². The van der Waals surface area contributed by atoms with E-state index >= 15 is 0 Å². The topological polar surface area (TPSA) is 18.5 Å². The van der Waals surface area contributed by atoms with E-state index in [1.165, 1.54) is 0 Å². The highest BCUT2D eigenvalue weighted by atomic mass is 16.6. The molecular weight excluding hydrogens is 152 g/mol. The molecule has 0 N–H and O–H groups in total. The van der Waals surface area contributed by atoms with Gasteiger partial charge in [0.2, 0.25) is 0 Å². The van der Waals surface area contributed by atoms with Gasteiger partial charge >= 0.3 is 0 Å². The van der Waals surface area contributed by atoms with Crippen LogP contribution in [0.4, 0.5) is 0 Å². The number of rotatable bonds is 3. The first-order valence-electron chi connectivity index (χ1n) is 4.89. The van der Waals surface area contributed by atoms with Gasteiger partial charge in [0.1, 0.15) is 0 Å². The van der Waals surface area contributed by atoms with E-state index in [0.717, 1.165) is 38.1 Å². The molecule has 2 atom stereocenters. The summed E-state index contributed by atoms with van der Waals surface area (Å²) >= 11 is 0. The summed E-state index contributed by atoms with van der Waals surface area (Å²) in [5, 5.41) is 0. The van der Waals surface area contributed by atoms with Crippen molar-refractivity contribution in [3.05, 3.63) is 0 Å². The van der Waals surface area contributed by atoms with E-state index in [9.17, 15) is 0 Å². The number of ether oxygens (including phenoxy) is 2. The maximum absolute atomic E-state index is 5.57. The summed E-state index contributed by atoms with van der Waals surface area (Å²) in [5.41, 5.74) is 0. The minimum atomic E-state index is 0.344. The van der Waals surface area contributed by atoms with E-state index in [2.05, 4.69) is 20.8 Å². The van der Waals surface area contributed by atoms with Crippen molar-refractivity contribution in [3.8, 4) is 0 Å². The highest BCUT2D eigenvalue weighted by Gasteiger charge is 2.18. The first-order chi connectivity index (χ1) is 5.70. The third-order valence-corrected chi connectivity index (χ3v) is 2.66. The van der Waals surface area contributed by atoms with Crippen LogP contribution in [0.5, 0.6) is 0 Å². The maximum Gasteiger partial charge on any atom is 0.0812 e. The summed E-state index contributed by atoms with van der Waals surface area (Å²) < 4.78 is 10.9. The summed E-state index contributed by atoms with van der Waals surface area (Å²) in [6.07, 6.45) is 1.48. The van der Waals surface area contributed by atoms with Gasteiger partial charge in [-0.25, -0.2) is 0 Å². The van der Waals surface area contributed by atoms with Crippen LogP contribution in [0, 0.1) is 11.8 Å². The van der Waals surface area contributed by atoms with Crippen molar-refractivity contribution in [2.24, 2.45) is 11.8 Å². The average molecular weight is 172 g/mol. The van der Waals surface area contributed by atoms with Crippen molar-refractivity contribution in [2.75, 3.05) is 19.8 Å². The highest BCUT2D eigenvalue weighted by molar-refractivity contribution is 4.67.